The molecule has 2 aromatic rings. The summed E-state index contributed by atoms with van der Waals surface area (Å²) in [5, 5.41) is 8.93. The molecule has 0 fully saturated rings. The van der Waals surface area contributed by atoms with Crippen LogP contribution in [0.15, 0.2) is 67.8 Å². The van der Waals surface area contributed by atoms with E-state index < -0.39 is 5.82 Å². The molecule has 2 amide bonds. The number of anilines is 3. The first kappa shape index (κ1) is 33.8. The molecule has 37 heavy (non-hydrogen) atoms. The van der Waals surface area contributed by atoms with Crippen LogP contribution in [-0.2, 0) is 18.6 Å². The topological polar surface area (TPSA) is 88.4 Å². The van der Waals surface area contributed by atoms with E-state index in [4.69, 9.17) is 10.5 Å². The maximum atomic E-state index is 14.7. The number of benzene rings is 2. The van der Waals surface area contributed by atoms with E-state index in [-0.39, 0.29) is 53.6 Å². The molecule has 0 spiro atoms. The van der Waals surface area contributed by atoms with Crippen LogP contribution in [0.3, 0.4) is 0 Å². The fourth-order valence-corrected chi connectivity index (χ4v) is 3.61. The molecule has 5 N–H and O–H groups in total. The van der Waals surface area contributed by atoms with Gasteiger partial charge in [0.2, 0.25) is 0 Å². The van der Waals surface area contributed by atoms with Crippen molar-refractivity contribution in [2.45, 2.75) is 52.0 Å². The van der Waals surface area contributed by atoms with Crippen LogP contribution >= 0.6 is 0 Å². The minimum absolute atomic E-state index is 0. The molecule has 1 aliphatic rings. The van der Waals surface area contributed by atoms with Gasteiger partial charge in [0.15, 0.2) is 0 Å². The van der Waals surface area contributed by atoms with Crippen LogP contribution in [0.25, 0.3) is 5.70 Å². The maximum Gasteiger partial charge on any atom is 0.319 e. The van der Waals surface area contributed by atoms with Gasteiger partial charge < -0.3 is 33.8 Å². The number of rotatable bonds is 9. The number of ether oxygens (including phenoxy) is 1. The average Bonchev–Trinajstić information content (AvgIpc) is 3.10. The van der Waals surface area contributed by atoms with Crippen LogP contribution in [0.1, 0.15) is 55.8 Å². The summed E-state index contributed by atoms with van der Waals surface area (Å²) in [6, 6.07) is 9.89. The monoisotopic (exact) mass is 552 g/mol. The van der Waals surface area contributed by atoms with Crippen molar-refractivity contribution in [2.24, 2.45) is 0 Å². The molecule has 1 aliphatic carbocycles. The summed E-state index contributed by atoms with van der Waals surface area (Å²) in [7, 11) is 0. The van der Waals surface area contributed by atoms with E-state index in [9.17, 15) is 9.18 Å². The first-order valence-electron chi connectivity index (χ1n) is 12.1. The summed E-state index contributed by atoms with van der Waals surface area (Å²) < 4.78 is 20.1. The number of nitrogen functional groups attached to an aromatic ring is 1. The quantitative estimate of drug-likeness (QED) is 0.109. The molecule has 0 aromatic heterocycles. The number of hydrogen-bond donors (Lipinski definition) is 4. The van der Waals surface area contributed by atoms with Crippen molar-refractivity contribution in [3.63, 3.8) is 0 Å². The Hall–Kier alpha value is -3.16. The van der Waals surface area contributed by atoms with Gasteiger partial charge in [-0.15, -0.1) is 6.58 Å². The van der Waals surface area contributed by atoms with Gasteiger partial charge in [-0.05, 0) is 56.4 Å². The van der Waals surface area contributed by atoms with Crippen molar-refractivity contribution in [2.75, 3.05) is 23.0 Å². The summed E-state index contributed by atoms with van der Waals surface area (Å²) in [4.78, 5) is 12.3. The van der Waals surface area contributed by atoms with Crippen LogP contribution < -0.4 is 26.4 Å². The van der Waals surface area contributed by atoms with Gasteiger partial charge in [-0.25, -0.2) is 9.18 Å². The Kier molecular flexibility index (Phi) is 16.6. The summed E-state index contributed by atoms with van der Waals surface area (Å²) in [6.07, 6.45) is 10.5. The Balaban J connectivity index is -0.000000905. The number of amides is 2. The van der Waals surface area contributed by atoms with Crippen molar-refractivity contribution >= 4 is 28.8 Å². The zero-order chi connectivity index (χ0) is 25.6. The number of halogens is 1. The van der Waals surface area contributed by atoms with Gasteiger partial charge in [-0.3, -0.25) is 0 Å². The summed E-state index contributed by atoms with van der Waals surface area (Å²) in [5.74, 6) is -0.165. The standard InChI is InChI=1S/C26H31FN4O2.C2H6.CH3.V.3H2/c1-3-4-15-33-22-16-23(27)25(24(28)17-22)18(2)29-20-11-13-21(14-12-20)31-26(32)30-19-9-7-5-6-8-10-19;1-2;;;;;/h3,5-6,11-14,16-17,19,29H,1-2,4,7-10,15,28H2,(H2,30,31,32);1-2H3;1H3;;3*1H/q;;-1;;;;. The first-order chi connectivity index (χ1) is 17.0. The van der Waals surface area contributed by atoms with E-state index in [1.807, 2.05) is 13.8 Å². The van der Waals surface area contributed by atoms with Crippen molar-refractivity contribution in [3.05, 3.63) is 86.6 Å². The summed E-state index contributed by atoms with van der Waals surface area (Å²) >= 11 is 0. The van der Waals surface area contributed by atoms with Gasteiger partial charge in [0.05, 0.1) is 12.2 Å². The molecule has 0 unspecified atom stereocenters. The Morgan fingerprint density at radius 2 is 1.70 bits per heavy atom. The van der Waals surface area contributed by atoms with Gasteiger partial charge in [-0.2, -0.15) is 0 Å². The first-order valence-corrected chi connectivity index (χ1v) is 12.1. The molecule has 0 aliphatic heterocycles. The molecular weight excluding hydrogens is 506 g/mol. The number of urea groups is 1. The van der Waals surface area contributed by atoms with Crippen LogP contribution in [-0.4, -0.2) is 18.7 Å². The fraction of sp³-hybridized carbons (Fsp3) is 0.310. The molecule has 0 bridgehead atoms. The van der Waals surface area contributed by atoms with Crippen molar-refractivity contribution in [3.8, 4) is 5.75 Å². The molecule has 0 heterocycles. The Morgan fingerprint density at radius 1 is 1.14 bits per heavy atom. The number of carbonyl (C=O) groups excluding carboxylic acids is 1. The Morgan fingerprint density at radius 3 is 2.24 bits per heavy atom. The molecular formula is C29H46FN4O2V-. The SMILES string of the molecule is C=CCCOc1cc(N)c(C(=C)Nc2ccc(NC(=O)NC3CCC=CCC3)cc2)c(F)c1.CC.[CH3-].[HH].[HH].[HH].[V]. The summed E-state index contributed by atoms with van der Waals surface area (Å²) in [5.41, 5.74) is 8.12. The molecule has 0 saturated heterocycles. The van der Waals surface area contributed by atoms with Crippen LogP contribution in [0.2, 0.25) is 0 Å². The second-order valence-electron chi connectivity index (χ2n) is 7.90. The van der Waals surface area contributed by atoms with Crippen LogP contribution in [0.4, 0.5) is 26.2 Å². The van der Waals surface area contributed by atoms with Gasteiger partial charge in [0, 0.05) is 63.8 Å². The van der Waals surface area contributed by atoms with Crippen LogP contribution in [0, 0.1) is 13.2 Å². The number of nitrogens with one attached hydrogen (secondary N) is 3. The molecule has 0 atom stereocenters. The van der Waals surface area contributed by atoms with E-state index in [2.05, 4.69) is 41.3 Å². The zero-order valence-corrected chi connectivity index (χ0v) is 23.5. The second kappa shape index (κ2) is 18.1. The predicted octanol–water partition coefficient (Wildman–Crippen LogP) is 8.28. The minimum Gasteiger partial charge on any atom is -0.493 e. The van der Waals surface area contributed by atoms with Crippen molar-refractivity contribution < 1.29 is 36.8 Å². The van der Waals surface area contributed by atoms with E-state index in [1.165, 1.54) is 6.07 Å². The van der Waals surface area contributed by atoms with Gasteiger partial charge >= 0.3 is 6.03 Å². The number of hydrogen-bond acceptors (Lipinski definition) is 4. The van der Waals surface area contributed by atoms with E-state index >= 15 is 0 Å². The number of carbonyl (C=O) groups is 1. The van der Waals surface area contributed by atoms with Gasteiger partial charge in [0.25, 0.3) is 0 Å². The van der Waals surface area contributed by atoms with Crippen LogP contribution in [0.5, 0.6) is 5.75 Å². The van der Waals surface area contributed by atoms with Crippen molar-refractivity contribution in [1.82, 2.24) is 5.32 Å². The number of allylic oxidation sites excluding steroid dienone is 2. The fourth-order valence-electron chi connectivity index (χ4n) is 3.61. The predicted molar refractivity (Wildman–Crippen MR) is 158 cm³/mol. The third kappa shape index (κ3) is 11.2. The Bertz CT molecular complexity index is 1010. The van der Waals surface area contributed by atoms with E-state index in [0.29, 0.717) is 35.8 Å². The van der Waals surface area contributed by atoms with Gasteiger partial charge in [0.1, 0.15) is 11.6 Å². The molecule has 1 radical (unpaired) electrons. The molecule has 0 saturated carbocycles. The zero-order valence-electron chi connectivity index (χ0n) is 22.1. The van der Waals surface area contributed by atoms with Gasteiger partial charge in [-0.1, -0.05) is 38.7 Å². The van der Waals surface area contributed by atoms with Crippen molar-refractivity contribution in [1.29, 1.82) is 0 Å². The largest absolute Gasteiger partial charge is 0.493 e. The molecule has 3 rings (SSSR count). The smallest absolute Gasteiger partial charge is 0.319 e. The molecule has 6 nitrogen and oxygen atoms in total. The molecule has 8 heteroatoms. The number of nitrogens with two attached hydrogens (primary N) is 1. The second-order valence-corrected chi connectivity index (χ2v) is 7.90. The average molecular weight is 553 g/mol. The Labute approximate surface area is 238 Å². The normalized spacial score (nSPS) is 12.3. The molecule has 2 aromatic carbocycles. The maximum absolute atomic E-state index is 14.7. The third-order valence-electron chi connectivity index (χ3n) is 5.29. The molecule has 207 valence electrons. The minimum atomic E-state index is -0.523. The summed E-state index contributed by atoms with van der Waals surface area (Å²) in [6.45, 7) is 11.9. The van der Waals surface area contributed by atoms with E-state index in [1.54, 1.807) is 36.4 Å². The third-order valence-corrected chi connectivity index (χ3v) is 5.29. The van der Waals surface area contributed by atoms with E-state index in [0.717, 1.165) is 25.7 Å².